The van der Waals surface area contributed by atoms with Crippen LogP contribution >= 0.6 is 0 Å². The molecule has 1 aromatic heterocycles. The Labute approximate surface area is 311 Å². The second-order valence-corrected chi connectivity index (χ2v) is 14.0. The van der Waals surface area contributed by atoms with Gasteiger partial charge in [-0.2, -0.15) is 0 Å². The molecule has 3 heterocycles. The number of rotatable bonds is 17. The number of hydrogen-bond donors (Lipinski definition) is 3. The summed E-state index contributed by atoms with van der Waals surface area (Å²) < 4.78 is 57.5. The molecule has 5 rings (SSSR count). The molecule has 54 heavy (non-hydrogen) atoms. The van der Waals surface area contributed by atoms with Crippen LogP contribution in [-0.4, -0.2) is 113 Å². The number of nitrogens with zero attached hydrogens (tertiary/aromatic N) is 4. The number of imide groups is 1. The monoisotopic (exact) mass is 754 g/mol. The predicted molar refractivity (Wildman–Crippen MR) is 190 cm³/mol. The van der Waals surface area contributed by atoms with E-state index < -0.39 is 65.1 Å². The number of alkyl carbamates (subject to hydrolysis) is 1. The number of carbonyl (C=O) groups is 4. The van der Waals surface area contributed by atoms with Crippen LogP contribution in [0.5, 0.6) is 0 Å². The van der Waals surface area contributed by atoms with E-state index in [4.69, 9.17) is 14.5 Å². The van der Waals surface area contributed by atoms with Gasteiger partial charge in [-0.05, 0) is 30.7 Å². The molecule has 0 aliphatic carbocycles. The molecule has 13 nitrogen and oxygen atoms in total. The Balaban J connectivity index is 1.42. The van der Waals surface area contributed by atoms with E-state index in [2.05, 4.69) is 10.6 Å². The van der Waals surface area contributed by atoms with Crippen molar-refractivity contribution < 1.29 is 46.9 Å². The molecule has 16 heteroatoms. The van der Waals surface area contributed by atoms with E-state index in [1.807, 2.05) is 30.3 Å². The summed E-state index contributed by atoms with van der Waals surface area (Å²) in [4.78, 5) is 57.4. The second kappa shape index (κ2) is 17.8. The van der Waals surface area contributed by atoms with Crippen LogP contribution in [0.2, 0.25) is 0 Å². The third-order valence-corrected chi connectivity index (χ3v) is 9.28. The lowest BCUT2D eigenvalue weighted by Crippen LogP contribution is -2.51. The predicted octanol–water partition coefficient (Wildman–Crippen LogP) is 3.38. The van der Waals surface area contributed by atoms with Gasteiger partial charge in [0.1, 0.15) is 36.3 Å². The van der Waals surface area contributed by atoms with Gasteiger partial charge in [0.15, 0.2) is 0 Å². The number of ether oxygens (including phenoxy) is 2. The molecule has 0 spiro atoms. The maximum absolute atomic E-state index is 15.2. The number of aromatic nitrogens is 2. The molecule has 0 bridgehead atoms. The van der Waals surface area contributed by atoms with Crippen LogP contribution in [0.3, 0.4) is 0 Å². The molecule has 3 N–H and O–H groups in total. The van der Waals surface area contributed by atoms with Crippen LogP contribution in [-0.2, 0) is 30.4 Å². The first-order chi connectivity index (χ1) is 25.7. The Bertz CT molecular complexity index is 1820. The van der Waals surface area contributed by atoms with E-state index in [9.17, 15) is 28.7 Å². The number of hydrogen-bond acceptors (Lipinski definition) is 9. The van der Waals surface area contributed by atoms with Gasteiger partial charge in [0.25, 0.3) is 17.7 Å². The molecule has 2 aromatic carbocycles. The van der Waals surface area contributed by atoms with Crippen LogP contribution in [0.25, 0.3) is 11.3 Å². The van der Waals surface area contributed by atoms with Crippen molar-refractivity contribution in [2.24, 2.45) is 11.3 Å². The largest absolute Gasteiger partial charge is 0.449 e. The van der Waals surface area contributed by atoms with Crippen molar-refractivity contribution in [1.29, 1.82) is 0 Å². The van der Waals surface area contributed by atoms with Gasteiger partial charge in [-0.1, -0.05) is 44.2 Å². The molecule has 2 aliphatic rings. The molecule has 1 fully saturated rings. The highest BCUT2D eigenvalue weighted by Crippen LogP contribution is 2.41. The summed E-state index contributed by atoms with van der Waals surface area (Å²) in [6.07, 6.45) is 0.283. The zero-order chi connectivity index (χ0) is 39.0. The topological polar surface area (TPSA) is 155 Å². The molecule has 290 valence electrons. The van der Waals surface area contributed by atoms with Crippen LogP contribution in [0.15, 0.2) is 66.9 Å². The molecule has 1 saturated heterocycles. The zero-order valence-corrected chi connectivity index (χ0v) is 30.3. The Hall–Kier alpha value is -5.06. The van der Waals surface area contributed by atoms with Gasteiger partial charge in [0.05, 0.1) is 31.5 Å². The molecular weight excluding hydrogens is 709 g/mol. The number of nitrogens with one attached hydrogen (secondary N) is 2. The lowest BCUT2D eigenvalue weighted by Gasteiger charge is -2.43. The second-order valence-electron chi connectivity index (χ2n) is 14.0. The van der Waals surface area contributed by atoms with E-state index in [1.54, 1.807) is 24.6 Å². The highest BCUT2D eigenvalue weighted by atomic mass is 19.1. The Kier molecular flexibility index (Phi) is 13.3. The SMILES string of the molecule is C[C@H](O)C(=O)N(C[C@@H]1CNC[C@@H]1F)[C@@H](c1nc(-c2cc(F)ccc2F)cn1Cc1ccccc1)C(C)(C)COC(=O)NCCOCCN1C(=O)C=CC1=O. The average molecular weight is 755 g/mol. The van der Waals surface area contributed by atoms with Gasteiger partial charge in [-0.3, -0.25) is 19.3 Å². The van der Waals surface area contributed by atoms with Crippen molar-refractivity contribution in [3.63, 3.8) is 0 Å². The third kappa shape index (κ3) is 9.92. The summed E-state index contributed by atoms with van der Waals surface area (Å²) in [5, 5.41) is 16.2. The Morgan fingerprint density at radius 3 is 2.48 bits per heavy atom. The Morgan fingerprint density at radius 2 is 1.81 bits per heavy atom. The molecule has 4 atom stereocenters. The lowest BCUT2D eigenvalue weighted by atomic mass is 9.82. The fraction of sp³-hybridized carbons (Fsp3) is 0.447. The lowest BCUT2D eigenvalue weighted by molar-refractivity contribution is -0.147. The van der Waals surface area contributed by atoms with Crippen LogP contribution in [0.4, 0.5) is 18.0 Å². The maximum atomic E-state index is 15.2. The number of amides is 4. The van der Waals surface area contributed by atoms with Gasteiger partial charge in [0.2, 0.25) is 0 Å². The summed E-state index contributed by atoms with van der Waals surface area (Å²) in [6, 6.07) is 11.1. The fourth-order valence-electron chi connectivity index (χ4n) is 6.50. The van der Waals surface area contributed by atoms with Crippen molar-refractivity contribution >= 4 is 23.8 Å². The molecule has 0 unspecified atom stereocenters. The number of alkyl halides is 1. The number of aliphatic hydroxyl groups is 1. The van der Waals surface area contributed by atoms with Gasteiger partial charge in [0, 0.05) is 68.0 Å². The molecule has 0 saturated carbocycles. The van der Waals surface area contributed by atoms with Gasteiger partial charge in [-0.15, -0.1) is 0 Å². The van der Waals surface area contributed by atoms with E-state index in [1.165, 1.54) is 24.0 Å². The van der Waals surface area contributed by atoms with Crippen molar-refractivity contribution in [2.75, 3.05) is 52.5 Å². The fourth-order valence-corrected chi connectivity index (χ4v) is 6.50. The van der Waals surface area contributed by atoms with E-state index in [-0.39, 0.29) is 76.2 Å². The number of aliphatic hydroxyl groups excluding tert-OH is 1. The highest BCUT2D eigenvalue weighted by molar-refractivity contribution is 6.12. The minimum absolute atomic E-state index is 0.0338. The molecule has 0 radical (unpaired) electrons. The number of halogens is 3. The molecule has 4 amide bonds. The first-order valence-electron chi connectivity index (χ1n) is 17.7. The molecule has 3 aromatic rings. The van der Waals surface area contributed by atoms with Crippen LogP contribution in [0.1, 0.15) is 38.2 Å². The first kappa shape index (κ1) is 40.1. The van der Waals surface area contributed by atoms with Crippen molar-refractivity contribution in [2.45, 2.75) is 45.6 Å². The van der Waals surface area contributed by atoms with Gasteiger partial charge in [-0.25, -0.2) is 22.9 Å². The van der Waals surface area contributed by atoms with Crippen LogP contribution < -0.4 is 10.6 Å². The highest BCUT2D eigenvalue weighted by Gasteiger charge is 2.45. The minimum Gasteiger partial charge on any atom is -0.449 e. The quantitative estimate of drug-likeness (QED) is 0.139. The number of imidazole rings is 1. The standard InChI is InChI=1S/C38H45F3N6O7/c1-24(48)36(51)47(21-26-18-42-19-30(26)41)34(38(2,3)23-54-37(52)43-13-15-53-16-14-46-32(49)11-12-33(46)50)35-44-31(28-17-27(39)9-10-29(28)40)22-45(35)20-25-7-5-4-6-8-25/h4-12,17,22,24,26,30,34,42,48H,13-16,18-21,23H2,1-3H3,(H,43,52)/t24-,26-,30-,34-/m0/s1. The van der Waals surface area contributed by atoms with E-state index >= 15 is 8.78 Å². The van der Waals surface area contributed by atoms with Gasteiger partial charge < -0.3 is 34.7 Å². The average Bonchev–Trinajstić information content (AvgIpc) is 3.83. The first-order valence-corrected chi connectivity index (χ1v) is 17.7. The van der Waals surface area contributed by atoms with Crippen LogP contribution in [0, 0.1) is 23.0 Å². The van der Waals surface area contributed by atoms with E-state index in [0.717, 1.165) is 28.7 Å². The smallest absolute Gasteiger partial charge is 0.407 e. The maximum Gasteiger partial charge on any atom is 0.407 e. The molecule has 2 aliphatic heterocycles. The van der Waals surface area contributed by atoms with Gasteiger partial charge >= 0.3 is 6.09 Å². The minimum atomic E-state index is -1.50. The van der Waals surface area contributed by atoms with Crippen molar-refractivity contribution in [3.8, 4) is 11.3 Å². The number of carbonyl (C=O) groups excluding carboxylic acids is 4. The van der Waals surface area contributed by atoms with E-state index in [0.29, 0.717) is 0 Å². The number of benzene rings is 2. The summed E-state index contributed by atoms with van der Waals surface area (Å²) >= 11 is 0. The third-order valence-electron chi connectivity index (χ3n) is 9.28. The van der Waals surface area contributed by atoms with Crippen molar-refractivity contribution in [1.82, 2.24) is 30.0 Å². The summed E-state index contributed by atoms with van der Waals surface area (Å²) in [5.41, 5.74) is -0.409. The summed E-state index contributed by atoms with van der Waals surface area (Å²) in [7, 11) is 0. The zero-order valence-electron chi connectivity index (χ0n) is 30.3. The summed E-state index contributed by atoms with van der Waals surface area (Å²) in [6.45, 7) is 5.04. The normalized spacial score (nSPS) is 18.2. The summed E-state index contributed by atoms with van der Waals surface area (Å²) in [5.74, 6) is -3.43. The molecular formula is C38H45F3N6O7. The Morgan fingerprint density at radius 1 is 1.09 bits per heavy atom. The van der Waals surface area contributed by atoms with Crippen molar-refractivity contribution in [3.05, 3.63) is 89.9 Å².